The number of fused-ring (bicyclic) bond motifs is 1. The Morgan fingerprint density at radius 3 is 3.17 bits per heavy atom. The maximum Gasteiger partial charge on any atom is 0.257 e. The Labute approximate surface area is 71.2 Å². The van der Waals surface area contributed by atoms with Crippen molar-refractivity contribution in [2.45, 2.75) is 6.92 Å². The smallest absolute Gasteiger partial charge is 0.257 e. The molecule has 0 bridgehead atoms. The molecule has 0 N–H and O–H groups in total. The van der Waals surface area contributed by atoms with Gasteiger partial charge in [0.15, 0.2) is 0 Å². The van der Waals surface area contributed by atoms with Crippen molar-refractivity contribution in [2.75, 3.05) is 25.1 Å². The van der Waals surface area contributed by atoms with Gasteiger partial charge in [-0.25, -0.2) is 0 Å². The molecule has 64 valence electrons. The highest BCUT2D eigenvalue weighted by Crippen LogP contribution is 2.27. The second-order valence-electron chi connectivity index (χ2n) is 2.95. The predicted octanol–water partition coefficient (Wildman–Crippen LogP) is 0.614. The number of hydrogen-bond donors (Lipinski definition) is 0. The minimum absolute atomic E-state index is 0.648. The Kier molecular flexibility index (Phi) is 1.60. The third-order valence-electron chi connectivity index (χ3n) is 1.94. The summed E-state index contributed by atoms with van der Waals surface area (Å²) in [5.41, 5.74) is 1.96. The first-order chi connectivity index (χ1) is 5.77. The largest absolute Gasteiger partial charge is 0.473 e. The van der Waals surface area contributed by atoms with Crippen molar-refractivity contribution in [1.29, 1.82) is 0 Å². The Hall–Kier alpha value is -1.32. The van der Waals surface area contributed by atoms with Crippen molar-refractivity contribution in [3.8, 4) is 5.88 Å². The molecule has 4 heteroatoms. The van der Waals surface area contributed by atoms with E-state index in [9.17, 15) is 0 Å². The van der Waals surface area contributed by atoms with Gasteiger partial charge in [0, 0.05) is 7.05 Å². The maximum absolute atomic E-state index is 5.33. The highest BCUT2D eigenvalue weighted by molar-refractivity contribution is 5.55. The molecule has 0 aromatic carbocycles. The van der Waals surface area contributed by atoms with Crippen LogP contribution >= 0.6 is 0 Å². The van der Waals surface area contributed by atoms with E-state index in [4.69, 9.17) is 4.74 Å². The first-order valence-corrected chi connectivity index (χ1v) is 3.95. The zero-order valence-corrected chi connectivity index (χ0v) is 7.24. The van der Waals surface area contributed by atoms with Gasteiger partial charge in [-0.2, -0.15) is 5.10 Å². The van der Waals surface area contributed by atoms with Gasteiger partial charge in [0.25, 0.3) is 5.88 Å². The highest BCUT2D eigenvalue weighted by atomic mass is 16.5. The molecule has 2 rings (SSSR count). The fourth-order valence-electron chi connectivity index (χ4n) is 1.24. The Bertz CT molecular complexity index is 300. The molecule has 0 unspecified atom stereocenters. The normalized spacial score (nSPS) is 15.3. The minimum atomic E-state index is 0.648. The Morgan fingerprint density at radius 1 is 1.50 bits per heavy atom. The average Bonchev–Trinajstić information content (AvgIpc) is 2.07. The second-order valence-corrected chi connectivity index (χ2v) is 2.95. The van der Waals surface area contributed by atoms with E-state index < -0.39 is 0 Å². The molecule has 0 saturated heterocycles. The summed E-state index contributed by atoms with van der Waals surface area (Å²) >= 11 is 0. The van der Waals surface area contributed by atoms with E-state index in [0.29, 0.717) is 12.5 Å². The molecule has 0 aliphatic carbocycles. The number of ether oxygens (including phenoxy) is 1. The van der Waals surface area contributed by atoms with E-state index in [1.54, 1.807) is 0 Å². The van der Waals surface area contributed by atoms with Crippen molar-refractivity contribution in [3.05, 3.63) is 11.8 Å². The Morgan fingerprint density at radius 2 is 2.33 bits per heavy atom. The van der Waals surface area contributed by atoms with Crippen molar-refractivity contribution < 1.29 is 4.74 Å². The Balaban J connectivity index is 2.47. The third-order valence-corrected chi connectivity index (χ3v) is 1.94. The van der Waals surface area contributed by atoms with Crippen LogP contribution in [0.25, 0.3) is 0 Å². The van der Waals surface area contributed by atoms with Gasteiger partial charge in [-0.15, -0.1) is 5.10 Å². The van der Waals surface area contributed by atoms with E-state index in [1.807, 2.05) is 20.0 Å². The molecule has 1 aromatic rings. The lowest BCUT2D eigenvalue weighted by Gasteiger charge is -2.26. The molecule has 0 radical (unpaired) electrons. The molecule has 0 fully saturated rings. The number of aryl methyl sites for hydroxylation is 1. The van der Waals surface area contributed by atoms with Crippen LogP contribution in [0.15, 0.2) is 6.07 Å². The zero-order chi connectivity index (χ0) is 8.55. The monoisotopic (exact) mass is 165 g/mol. The molecular formula is C8H11N3O. The van der Waals surface area contributed by atoms with Gasteiger partial charge >= 0.3 is 0 Å². The summed E-state index contributed by atoms with van der Waals surface area (Å²) in [7, 11) is 2.03. The van der Waals surface area contributed by atoms with Crippen molar-refractivity contribution >= 4 is 5.69 Å². The molecule has 0 saturated carbocycles. The molecule has 1 aliphatic rings. The van der Waals surface area contributed by atoms with E-state index in [0.717, 1.165) is 17.9 Å². The molecule has 1 aromatic heterocycles. The lowest BCUT2D eigenvalue weighted by atomic mass is 10.3. The molecule has 0 amide bonds. The number of hydrogen-bond acceptors (Lipinski definition) is 4. The van der Waals surface area contributed by atoms with Crippen molar-refractivity contribution in [1.82, 2.24) is 10.2 Å². The van der Waals surface area contributed by atoms with E-state index >= 15 is 0 Å². The zero-order valence-electron chi connectivity index (χ0n) is 7.24. The molecule has 1 aliphatic heterocycles. The SMILES string of the molecule is Cc1cc2c(nn1)OCCN2C. The number of anilines is 1. The summed E-state index contributed by atoms with van der Waals surface area (Å²) in [6, 6.07) is 1.99. The molecule has 0 spiro atoms. The summed E-state index contributed by atoms with van der Waals surface area (Å²) in [5, 5.41) is 7.88. The lowest BCUT2D eigenvalue weighted by Crippen LogP contribution is -2.29. The van der Waals surface area contributed by atoms with Gasteiger partial charge in [-0.1, -0.05) is 0 Å². The van der Waals surface area contributed by atoms with Crippen LogP contribution in [0.2, 0.25) is 0 Å². The van der Waals surface area contributed by atoms with Crippen LogP contribution in [0, 0.1) is 6.92 Å². The summed E-state index contributed by atoms with van der Waals surface area (Å²) in [5.74, 6) is 0.648. The van der Waals surface area contributed by atoms with Crippen molar-refractivity contribution in [2.24, 2.45) is 0 Å². The van der Waals surface area contributed by atoms with E-state index in [1.165, 1.54) is 0 Å². The van der Waals surface area contributed by atoms with Crippen LogP contribution < -0.4 is 9.64 Å². The number of aromatic nitrogens is 2. The highest BCUT2D eigenvalue weighted by Gasteiger charge is 2.16. The summed E-state index contributed by atoms with van der Waals surface area (Å²) < 4.78 is 5.33. The minimum Gasteiger partial charge on any atom is -0.473 e. The van der Waals surface area contributed by atoms with Crippen molar-refractivity contribution in [3.63, 3.8) is 0 Å². The molecule has 0 atom stereocenters. The maximum atomic E-state index is 5.33. The molecular weight excluding hydrogens is 154 g/mol. The van der Waals surface area contributed by atoms with Gasteiger partial charge < -0.3 is 9.64 Å². The first-order valence-electron chi connectivity index (χ1n) is 3.95. The van der Waals surface area contributed by atoms with Crippen LogP contribution in [0.3, 0.4) is 0 Å². The number of rotatable bonds is 0. The van der Waals surface area contributed by atoms with Gasteiger partial charge in [0.1, 0.15) is 12.3 Å². The van der Waals surface area contributed by atoms with E-state index in [-0.39, 0.29) is 0 Å². The fraction of sp³-hybridized carbons (Fsp3) is 0.500. The lowest BCUT2D eigenvalue weighted by molar-refractivity contribution is 0.294. The number of nitrogens with zero attached hydrogens (tertiary/aromatic N) is 3. The van der Waals surface area contributed by atoms with E-state index in [2.05, 4.69) is 15.1 Å². The average molecular weight is 165 g/mol. The van der Waals surface area contributed by atoms with Gasteiger partial charge in [-0.3, -0.25) is 0 Å². The van der Waals surface area contributed by atoms with Gasteiger partial charge in [0.2, 0.25) is 0 Å². The second kappa shape index (κ2) is 2.62. The standard InChI is InChI=1S/C8H11N3O/c1-6-5-7-8(10-9-6)12-4-3-11(7)2/h5H,3-4H2,1-2H3. The summed E-state index contributed by atoms with van der Waals surface area (Å²) in [6.45, 7) is 3.54. The quantitative estimate of drug-likeness (QED) is 0.564. The topological polar surface area (TPSA) is 38.3 Å². The predicted molar refractivity (Wildman–Crippen MR) is 45.5 cm³/mol. The number of likely N-dealkylation sites (N-methyl/N-ethyl adjacent to an activating group) is 1. The van der Waals surface area contributed by atoms with Crippen LogP contribution in [0.4, 0.5) is 5.69 Å². The van der Waals surface area contributed by atoms with Crippen LogP contribution in [0.5, 0.6) is 5.88 Å². The summed E-state index contributed by atoms with van der Waals surface area (Å²) in [6.07, 6.45) is 0. The molecule has 12 heavy (non-hydrogen) atoms. The first kappa shape index (κ1) is 7.34. The van der Waals surface area contributed by atoms with Crippen LogP contribution in [-0.4, -0.2) is 30.4 Å². The molecule has 4 nitrogen and oxygen atoms in total. The third kappa shape index (κ3) is 1.09. The van der Waals surface area contributed by atoms with Gasteiger partial charge in [-0.05, 0) is 13.0 Å². The molecule has 2 heterocycles. The van der Waals surface area contributed by atoms with Crippen LogP contribution in [-0.2, 0) is 0 Å². The summed E-state index contributed by atoms with van der Waals surface area (Å²) in [4.78, 5) is 2.13. The fourth-order valence-corrected chi connectivity index (χ4v) is 1.24. The van der Waals surface area contributed by atoms with Crippen LogP contribution in [0.1, 0.15) is 5.69 Å². The van der Waals surface area contributed by atoms with Gasteiger partial charge in [0.05, 0.1) is 12.2 Å².